The van der Waals surface area contributed by atoms with Gasteiger partial charge in [0.1, 0.15) is 17.5 Å². The second-order valence-electron chi connectivity index (χ2n) is 5.34. The van der Waals surface area contributed by atoms with E-state index in [2.05, 4.69) is 27.6 Å². The largest absolute Gasteiger partial charge is 0.369 e. The van der Waals surface area contributed by atoms with Gasteiger partial charge in [0.05, 0.1) is 0 Å². The van der Waals surface area contributed by atoms with Crippen LogP contribution in [-0.4, -0.2) is 16.5 Å². The first kappa shape index (κ1) is 14.1. The van der Waals surface area contributed by atoms with Gasteiger partial charge in [0.25, 0.3) is 0 Å². The summed E-state index contributed by atoms with van der Waals surface area (Å²) >= 11 is 0. The summed E-state index contributed by atoms with van der Waals surface area (Å²) in [6.07, 6.45) is 7.60. The lowest BCUT2D eigenvalue weighted by atomic mass is 9.89. The maximum Gasteiger partial charge on any atom is 0.148 e. The van der Waals surface area contributed by atoms with Gasteiger partial charge in [-0.15, -0.1) is 0 Å². The van der Waals surface area contributed by atoms with Crippen molar-refractivity contribution in [3.8, 4) is 0 Å². The van der Waals surface area contributed by atoms with E-state index in [1.54, 1.807) is 0 Å². The average Bonchev–Trinajstić information content (AvgIpc) is 2.47. The lowest BCUT2D eigenvalue weighted by Gasteiger charge is -2.22. The number of nitrogen functional groups attached to an aromatic ring is 1. The van der Waals surface area contributed by atoms with E-state index < -0.39 is 0 Å². The van der Waals surface area contributed by atoms with E-state index >= 15 is 0 Å². The minimum Gasteiger partial charge on any atom is -0.369 e. The van der Waals surface area contributed by atoms with Crippen LogP contribution in [0.5, 0.6) is 0 Å². The monoisotopic (exact) mass is 263 g/mol. The quantitative estimate of drug-likeness (QED) is 0.562. The molecule has 0 saturated heterocycles. The Morgan fingerprint density at radius 3 is 2.47 bits per heavy atom. The highest BCUT2D eigenvalue weighted by atomic mass is 15.3. The van der Waals surface area contributed by atoms with Gasteiger partial charge in [-0.1, -0.05) is 26.2 Å². The fourth-order valence-corrected chi connectivity index (χ4v) is 2.67. The molecule has 0 aliphatic heterocycles. The second kappa shape index (κ2) is 6.70. The number of aromatic nitrogens is 2. The molecule has 1 fully saturated rings. The Morgan fingerprint density at radius 2 is 1.84 bits per heavy atom. The van der Waals surface area contributed by atoms with Crippen LogP contribution in [0.3, 0.4) is 0 Å². The molecule has 5 heteroatoms. The summed E-state index contributed by atoms with van der Waals surface area (Å²) in [5.74, 6) is 8.76. The average molecular weight is 263 g/mol. The number of hydrazine groups is 1. The van der Waals surface area contributed by atoms with E-state index in [1.165, 1.54) is 32.1 Å². The van der Waals surface area contributed by atoms with Gasteiger partial charge in [0.2, 0.25) is 0 Å². The molecule has 19 heavy (non-hydrogen) atoms. The number of hydrogen-bond donors (Lipinski definition) is 3. The summed E-state index contributed by atoms with van der Waals surface area (Å²) < 4.78 is 0. The molecule has 1 saturated carbocycles. The van der Waals surface area contributed by atoms with E-state index in [-0.39, 0.29) is 0 Å². The highest BCUT2D eigenvalue weighted by Gasteiger charge is 2.15. The highest BCUT2D eigenvalue weighted by molar-refractivity contribution is 5.56. The van der Waals surface area contributed by atoms with Gasteiger partial charge in [-0.3, -0.25) is 0 Å². The minimum absolute atomic E-state index is 0.720. The number of anilines is 2. The third-order valence-corrected chi connectivity index (χ3v) is 3.93. The molecule has 2 rings (SSSR count). The zero-order valence-corrected chi connectivity index (χ0v) is 12.0. The third kappa shape index (κ3) is 3.56. The van der Waals surface area contributed by atoms with E-state index in [0.29, 0.717) is 0 Å². The molecule has 1 aromatic rings. The summed E-state index contributed by atoms with van der Waals surface area (Å²) in [6.45, 7) is 5.05. The van der Waals surface area contributed by atoms with Gasteiger partial charge in [-0.25, -0.2) is 15.8 Å². The maximum atomic E-state index is 5.51. The van der Waals surface area contributed by atoms with Crippen LogP contribution in [0.1, 0.15) is 50.4 Å². The molecule has 1 aliphatic carbocycles. The van der Waals surface area contributed by atoms with E-state index in [0.717, 1.165) is 41.9 Å². The van der Waals surface area contributed by atoms with Gasteiger partial charge in [-0.05, 0) is 25.7 Å². The van der Waals surface area contributed by atoms with Crippen molar-refractivity contribution in [3.05, 3.63) is 11.4 Å². The van der Waals surface area contributed by atoms with Crippen molar-refractivity contribution >= 4 is 11.6 Å². The van der Waals surface area contributed by atoms with Crippen molar-refractivity contribution in [2.45, 2.75) is 52.4 Å². The molecule has 106 valence electrons. The van der Waals surface area contributed by atoms with Gasteiger partial charge in [0, 0.05) is 18.5 Å². The standard InChI is InChI=1S/C14H25N5/c1-3-12-17-13(10(2)14(18-12)19-15)16-9-11-7-5-4-6-8-11/h11H,3-9,15H2,1-2H3,(H2,16,17,18,19). The summed E-state index contributed by atoms with van der Waals surface area (Å²) in [6, 6.07) is 0. The lowest BCUT2D eigenvalue weighted by molar-refractivity contribution is 0.373. The number of hydrogen-bond acceptors (Lipinski definition) is 5. The van der Waals surface area contributed by atoms with Crippen LogP contribution in [0.2, 0.25) is 0 Å². The van der Waals surface area contributed by atoms with Crippen LogP contribution in [-0.2, 0) is 6.42 Å². The second-order valence-corrected chi connectivity index (χ2v) is 5.34. The normalized spacial score (nSPS) is 16.4. The number of rotatable bonds is 5. The fourth-order valence-electron chi connectivity index (χ4n) is 2.67. The molecule has 4 N–H and O–H groups in total. The first-order valence-electron chi connectivity index (χ1n) is 7.32. The van der Waals surface area contributed by atoms with Crippen LogP contribution in [0, 0.1) is 12.8 Å². The Balaban J connectivity index is 2.05. The minimum atomic E-state index is 0.720. The third-order valence-electron chi connectivity index (χ3n) is 3.93. The molecule has 0 radical (unpaired) electrons. The van der Waals surface area contributed by atoms with Gasteiger partial charge >= 0.3 is 0 Å². The number of nitrogens with one attached hydrogen (secondary N) is 2. The SMILES string of the molecule is CCc1nc(NN)c(C)c(NCC2CCCCC2)n1. The molecular formula is C14H25N5. The van der Waals surface area contributed by atoms with Gasteiger partial charge in [0.15, 0.2) is 0 Å². The van der Waals surface area contributed by atoms with Crippen LogP contribution in [0.4, 0.5) is 11.6 Å². The van der Waals surface area contributed by atoms with Crippen molar-refractivity contribution in [2.24, 2.45) is 11.8 Å². The molecule has 0 spiro atoms. The van der Waals surface area contributed by atoms with Crippen LogP contribution in [0.15, 0.2) is 0 Å². The summed E-state index contributed by atoms with van der Waals surface area (Å²) in [7, 11) is 0. The van der Waals surface area contributed by atoms with E-state index in [9.17, 15) is 0 Å². The Hall–Kier alpha value is -1.36. The van der Waals surface area contributed by atoms with Gasteiger partial charge in [-0.2, -0.15) is 0 Å². The zero-order valence-electron chi connectivity index (χ0n) is 12.0. The number of nitrogens with two attached hydrogens (primary N) is 1. The van der Waals surface area contributed by atoms with E-state index in [1.807, 2.05) is 6.92 Å². The Kier molecular flexibility index (Phi) is 4.96. The molecule has 0 bridgehead atoms. The first-order chi connectivity index (χ1) is 9.24. The summed E-state index contributed by atoms with van der Waals surface area (Å²) in [5.41, 5.74) is 3.65. The van der Waals surface area contributed by atoms with Gasteiger partial charge < -0.3 is 10.7 Å². The zero-order chi connectivity index (χ0) is 13.7. The molecule has 1 heterocycles. The first-order valence-corrected chi connectivity index (χ1v) is 7.32. The number of aryl methyl sites for hydroxylation is 1. The van der Waals surface area contributed by atoms with Crippen molar-refractivity contribution in [1.82, 2.24) is 9.97 Å². The molecule has 1 aromatic heterocycles. The molecule has 0 aromatic carbocycles. The van der Waals surface area contributed by atoms with E-state index in [4.69, 9.17) is 5.84 Å². The maximum absolute atomic E-state index is 5.51. The predicted molar refractivity (Wildman–Crippen MR) is 79.0 cm³/mol. The Labute approximate surface area is 115 Å². The molecule has 0 atom stereocenters. The summed E-state index contributed by atoms with van der Waals surface area (Å²) in [5, 5.41) is 3.49. The summed E-state index contributed by atoms with van der Waals surface area (Å²) in [4.78, 5) is 8.94. The molecule has 5 nitrogen and oxygen atoms in total. The van der Waals surface area contributed by atoms with Crippen molar-refractivity contribution < 1.29 is 0 Å². The lowest BCUT2D eigenvalue weighted by Crippen LogP contribution is -2.20. The van der Waals surface area contributed by atoms with Crippen molar-refractivity contribution in [3.63, 3.8) is 0 Å². The molecular weight excluding hydrogens is 238 g/mol. The highest BCUT2D eigenvalue weighted by Crippen LogP contribution is 2.25. The fraction of sp³-hybridized carbons (Fsp3) is 0.714. The van der Waals surface area contributed by atoms with Crippen molar-refractivity contribution in [2.75, 3.05) is 17.3 Å². The van der Waals surface area contributed by atoms with Crippen LogP contribution < -0.4 is 16.6 Å². The van der Waals surface area contributed by atoms with Crippen molar-refractivity contribution in [1.29, 1.82) is 0 Å². The molecule has 1 aliphatic rings. The van der Waals surface area contributed by atoms with Crippen LogP contribution in [0.25, 0.3) is 0 Å². The Bertz CT molecular complexity index is 413. The number of nitrogens with zero attached hydrogens (tertiary/aromatic N) is 2. The predicted octanol–water partition coefficient (Wildman–Crippen LogP) is 2.63. The molecule has 0 unspecified atom stereocenters. The van der Waals surface area contributed by atoms with Crippen LogP contribution >= 0.6 is 0 Å². The topological polar surface area (TPSA) is 75.9 Å². The smallest absolute Gasteiger partial charge is 0.148 e. The molecule has 0 amide bonds. The Morgan fingerprint density at radius 1 is 1.16 bits per heavy atom.